The maximum Gasteiger partial charge on any atom is 0.0843 e. The van der Waals surface area contributed by atoms with Crippen molar-refractivity contribution in [3.05, 3.63) is 19.2 Å². The number of piperazine rings is 1. The minimum Gasteiger partial charge on any atom is -0.312 e. The Morgan fingerprint density at radius 1 is 1.26 bits per heavy atom. The third kappa shape index (κ3) is 5.44. The molecule has 0 aliphatic carbocycles. The highest BCUT2D eigenvalue weighted by molar-refractivity contribution is 9.13. The van der Waals surface area contributed by atoms with E-state index < -0.39 is 0 Å². The lowest BCUT2D eigenvalue weighted by molar-refractivity contribution is 0.153. The molecule has 1 N–H and O–H groups in total. The summed E-state index contributed by atoms with van der Waals surface area (Å²) in [7, 11) is 2.20. The van der Waals surface area contributed by atoms with Crippen LogP contribution >= 0.6 is 43.2 Å². The highest BCUT2D eigenvalue weighted by atomic mass is 79.9. The summed E-state index contributed by atoms with van der Waals surface area (Å²) in [6.07, 6.45) is 1.23. The Morgan fingerprint density at radius 3 is 2.63 bits per heavy atom. The van der Waals surface area contributed by atoms with Crippen LogP contribution in [0.5, 0.6) is 0 Å². The quantitative estimate of drug-likeness (QED) is 0.727. The lowest BCUT2D eigenvalue weighted by atomic mass is 10.3. The number of nitrogens with one attached hydrogen (secondary N) is 1. The molecular weight excluding hydrogens is 390 g/mol. The topological polar surface area (TPSA) is 18.5 Å². The minimum atomic E-state index is 0.970. The molecule has 1 aliphatic rings. The van der Waals surface area contributed by atoms with Crippen LogP contribution in [-0.2, 0) is 6.54 Å². The summed E-state index contributed by atoms with van der Waals surface area (Å²) in [5.41, 5.74) is 0. The Balaban J connectivity index is 1.55. The molecule has 1 aliphatic heterocycles. The van der Waals surface area contributed by atoms with Crippen LogP contribution in [0, 0.1) is 0 Å². The van der Waals surface area contributed by atoms with Crippen LogP contribution in [0.15, 0.2) is 14.3 Å². The summed E-state index contributed by atoms with van der Waals surface area (Å²) < 4.78 is 2.34. The largest absolute Gasteiger partial charge is 0.312 e. The Bertz CT molecular complexity index is 370. The van der Waals surface area contributed by atoms with E-state index in [-0.39, 0.29) is 0 Å². The van der Waals surface area contributed by atoms with E-state index in [9.17, 15) is 0 Å². The maximum atomic E-state index is 3.53. The van der Waals surface area contributed by atoms with Crippen LogP contribution in [-0.4, -0.2) is 56.1 Å². The number of nitrogens with zero attached hydrogens (tertiary/aromatic N) is 2. The molecule has 0 bridgehead atoms. The van der Waals surface area contributed by atoms with E-state index in [2.05, 4.69) is 60.1 Å². The Kier molecular flexibility index (Phi) is 6.79. The zero-order valence-electron chi connectivity index (χ0n) is 11.3. The molecule has 0 spiro atoms. The molecule has 108 valence electrons. The fourth-order valence-electron chi connectivity index (χ4n) is 2.19. The van der Waals surface area contributed by atoms with Gasteiger partial charge in [0.2, 0.25) is 0 Å². The van der Waals surface area contributed by atoms with Crippen LogP contribution in [0.25, 0.3) is 0 Å². The molecule has 1 saturated heterocycles. The number of rotatable bonds is 6. The van der Waals surface area contributed by atoms with Crippen molar-refractivity contribution < 1.29 is 0 Å². The lowest BCUT2D eigenvalue weighted by Gasteiger charge is -2.32. The molecule has 0 saturated carbocycles. The third-order valence-electron chi connectivity index (χ3n) is 3.42. The molecule has 2 rings (SSSR count). The molecule has 3 nitrogen and oxygen atoms in total. The molecular formula is C13H21Br2N3S. The second kappa shape index (κ2) is 8.10. The molecule has 0 unspecified atom stereocenters. The molecule has 0 radical (unpaired) electrons. The second-order valence-corrected chi connectivity index (χ2v) is 8.32. The molecule has 19 heavy (non-hydrogen) atoms. The smallest absolute Gasteiger partial charge is 0.0843 e. The van der Waals surface area contributed by atoms with Crippen molar-refractivity contribution in [2.45, 2.75) is 13.0 Å². The van der Waals surface area contributed by atoms with Gasteiger partial charge in [-0.1, -0.05) is 0 Å². The first-order chi connectivity index (χ1) is 9.15. The number of thiophene rings is 1. The number of halogens is 2. The predicted octanol–water partition coefficient (Wildman–Crippen LogP) is 3.00. The van der Waals surface area contributed by atoms with E-state index in [0.717, 1.165) is 17.6 Å². The lowest BCUT2D eigenvalue weighted by Crippen LogP contribution is -2.45. The van der Waals surface area contributed by atoms with Gasteiger partial charge in [0.15, 0.2) is 0 Å². The SMILES string of the molecule is CN1CCN(CCCNCc2cc(Br)c(Br)s2)CC1. The second-order valence-electron chi connectivity index (χ2n) is 5.01. The van der Waals surface area contributed by atoms with Crippen molar-refractivity contribution in [2.75, 3.05) is 46.3 Å². The van der Waals surface area contributed by atoms with Gasteiger partial charge in [0.25, 0.3) is 0 Å². The number of likely N-dealkylation sites (N-methyl/N-ethyl adjacent to an activating group) is 1. The van der Waals surface area contributed by atoms with Crippen molar-refractivity contribution in [1.29, 1.82) is 0 Å². The van der Waals surface area contributed by atoms with Gasteiger partial charge in [0.1, 0.15) is 0 Å². The van der Waals surface area contributed by atoms with E-state index in [0.29, 0.717) is 0 Å². The fourth-order valence-corrected chi connectivity index (χ4v) is 4.34. The summed E-state index contributed by atoms with van der Waals surface area (Å²) in [5.74, 6) is 0. The molecule has 0 aromatic carbocycles. The number of hydrogen-bond acceptors (Lipinski definition) is 4. The molecule has 0 atom stereocenters. The summed E-state index contributed by atoms with van der Waals surface area (Å²) in [6, 6.07) is 2.18. The maximum absolute atomic E-state index is 3.53. The van der Waals surface area contributed by atoms with Crippen molar-refractivity contribution in [2.24, 2.45) is 0 Å². The van der Waals surface area contributed by atoms with E-state index in [1.807, 2.05) is 0 Å². The van der Waals surface area contributed by atoms with Gasteiger partial charge >= 0.3 is 0 Å². The standard InChI is InChI=1S/C13H21Br2N3S/c1-17-5-7-18(8-6-17)4-2-3-16-10-11-9-12(14)13(15)19-11/h9,16H,2-8,10H2,1H3. The molecule has 1 fully saturated rings. The molecule has 0 amide bonds. The van der Waals surface area contributed by atoms with Crippen LogP contribution in [0.3, 0.4) is 0 Å². The van der Waals surface area contributed by atoms with E-state index >= 15 is 0 Å². The summed E-state index contributed by atoms with van der Waals surface area (Å²) >= 11 is 8.84. The van der Waals surface area contributed by atoms with Gasteiger partial charge in [-0.25, -0.2) is 0 Å². The van der Waals surface area contributed by atoms with Crippen molar-refractivity contribution in [3.8, 4) is 0 Å². The minimum absolute atomic E-state index is 0.970. The third-order valence-corrected chi connectivity index (χ3v) is 6.68. The van der Waals surface area contributed by atoms with Crippen molar-refractivity contribution in [1.82, 2.24) is 15.1 Å². The molecule has 1 aromatic heterocycles. The monoisotopic (exact) mass is 409 g/mol. The highest BCUT2D eigenvalue weighted by Crippen LogP contribution is 2.32. The summed E-state index contributed by atoms with van der Waals surface area (Å²) in [6.45, 7) is 8.16. The van der Waals surface area contributed by atoms with Crippen molar-refractivity contribution >= 4 is 43.2 Å². The van der Waals surface area contributed by atoms with Crippen LogP contribution < -0.4 is 5.32 Å². The molecule has 2 heterocycles. The first-order valence-corrected chi connectivity index (χ1v) is 9.11. The summed E-state index contributed by atoms with van der Waals surface area (Å²) in [4.78, 5) is 6.35. The summed E-state index contributed by atoms with van der Waals surface area (Å²) in [5, 5.41) is 3.52. The highest BCUT2D eigenvalue weighted by Gasteiger charge is 2.12. The average Bonchev–Trinajstić information content (AvgIpc) is 2.71. The fraction of sp³-hybridized carbons (Fsp3) is 0.692. The van der Waals surface area contributed by atoms with Gasteiger partial charge in [-0.2, -0.15) is 0 Å². The van der Waals surface area contributed by atoms with E-state index in [1.54, 1.807) is 11.3 Å². The van der Waals surface area contributed by atoms with Crippen molar-refractivity contribution in [3.63, 3.8) is 0 Å². The first kappa shape index (κ1) is 15.9. The Morgan fingerprint density at radius 2 is 2.00 bits per heavy atom. The van der Waals surface area contributed by atoms with Gasteiger partial charge in [-0.3, -0.25) is 0 Å². The van der Waals surface area contributed by atoms with Gasteiger partial charge < -0.3 is 15.1 Å². The normalized spacial score (nSPS) is 18.1. The van der Waals surface area contributed by atoms with Gasteiger partial charge in [-0.05, 0) is 64.5 Å². The molecule has 1 aromatic rings. The van der Waals surface area contributed by atoms with Crippen LogP contribution in [0.1, 0.15) is 11.3 Å². The van der Waals surface area contributed by atoms with E-state index in [4.69, 9.17) is 0 Å². The van der Waals surface area contributed by atoms with E-state index in [1.165, 1.54) is 47.8 Å². The average molecular weight is 411 g/mol. The molecule has 6 heteroatoms. The first-order valence-electron chi connectivity index (χ1n) is 6.70. The van der Waals surface area contributed by atoms with Crippen LogP contribution in [0.4, 0.5) is 0 Å². The van der Waals surface area contributed by atoms with Gasteiger partial charge in [0.05, 0.1) is 3.79 Å². The Labute approximate surface area is 136 Å². The van der Waals surface area contributed by atoms with Crippen LogP contribution in [0.2, 0.25) is 0 Å². The zero-order valence-corrected chi connectivity index (χ0v) is 15.3. The Hall–Kier alpha value is 0.540. The zero-order chi connectivity index (χ0) is 13.7. The van der Waals surface area contributed by atoms with Gasteiger partial charge in [0, 0.05) is 42.1 Å². The van der Waals surface area contributed by atoms with Gasteiger partial charge in [-0.15, -0.1) is 11.3 Å². The number of hydrogen-bond donors (Lipinski definition) is 1. The predicted molar refractivity (Wildman–Crippen MR) is 90.0 cm³/mol.